The Morgan fingerprint density at radius 1 is 1.17 bits per heavy atom. The Balaban J connectivity index is 1.36. The van der Waals surface area contributed by atoms with Crippen LogP contribution in [0, 0.1) is 5.82 Å². The number of furan rings is 1. The van der Waals surface area contributed by atoms with Crippen LogP contribution in [0.3, 0.4) is 0 Å². The van der Waals surface area contributed by atoms with Crippen LogP contribution in [0.2, 0.25) is 0 Å². The molecule has 4 amide bonds. The van der Waals surface area contributed by atoms with Crippen LogP contribution in [-0.4, -0.2) is 67.6 Å². The molecule has 6 rings (SSSR count). The Morgan fingerprint density at radius 3 is 2.69 bits per heavy atom. The predicted molar refractivity (Wildman–Crippen MR) is 125 cm³/mol. The molecule has 2 fully saturated rings. The SMILES string of the molecule is COc1ccc2c(c1F)C(=O)N(CC1(c3cc4nc(N5CCNCC5)ccc4o3)NC(=O)NC1=O)C2. The first-order chi connectivity index (χ1) is 17.4. The van der Waals surface area contributed by atoms with E-state index in [4.69, 9.17) is 14.1 Å². The maximum absolute atomic E-state index is 14.8. The minimum Gasteiger partial charge on any atom is -0.494 e. The number of urea groups is 1. The van der Waals surface area contributed by atoms with E-state index in [1.54, 1.807) is 18.2 Å². The third kappa shape index (κ3) is 3.36. The average molecular weight is 494 g/mol. The highest BCUT2D eigenvalue weighted by atomic mass is 19.1. The summed E-state index contributed by atoms with van der Waals surface area (Å²) in [5, 5.41) is 8.16. The fourth-order valence-corrected chi connectivity index (χ4v) is 5.02. The van der Waals surface area contributed by atoms with E-state index in [2.05, 4.69) is 20.9 Å². The minimum atomic E-state index is -1.70. The van der Waals surface area contributed by atoms with Crippen LogP contribution >= 0.6 is 0 Å². The molecule has 0 aliphatic carbocycles. The normalized spacial score (nSPS) is 21.7. The van der Waals surface area contributed by atoms with Gasteiger partial charge in [0.15, 0.2) is 22.7 Å². The van der Waals surface area contributed by atoms with E-state index < -0.39 is 29.2 Å². The number of imide groups is 1. The summed E-state index contributed by atoms with van der Waals surface area (Å²) in [6.45, 7) is 3.12. The summed E-state index contributed by atoms with van der Waals surface area (Å²) >= 11 is 0. The maximum atomic E-state index is 14.8. The second-order valence-electron chi connectivity index (χ2n) is 8.99. The number of carbonyl (C=O) groups excluding carboxylic acids is 3. The summed E-state index contributed by atoms with van der Waals surface area (Å²) in [4.78, 5) is 46.7. The van der Waals surface area contributed by atoms with Crippen LogP contribution in [0.4, 0.5) is 15.0 Å². The van der Waals surface area contributed by atoms with Crippen LogP contribution in [0.5, 0.6) is 5.75 Å². The van der Waals surface area contributed by atoms with Gasteiger partial charge in [-0.3, -0.25) is 14.9 Å². The van der Waals surface area contributed by atoms with E-state index in [1.807, 2.05) is 6.07 Å². The molecule has 2 saturated heterocycles. The molecule has 1 aromatic carbocycles. The predicted octanol–water partition coefficient (Wildman–Crippen LogP) is 1.08. The first kappa shape index (κ1) is 22.3. The van der Waals surface area contributed by atoms with Gasteiger partial charge in [-0.25, -0.2) is 14.2 Å². The first-order valence-corrected chi connectivity index (χ1v) is 11.5. The molecule has 5 heterocycles. The average Bonchev–Trinajstić information content (AvgIpc) is 3.53. The smallest absolute Gasteiger partial charge is 0.322 e. The summed E-state index contributed by atoms with van der Waals surface area (Å²) < 4.78 is 25.8. The van der Waals surface area contributed by atoms with Crippen LogP contribution in [-0.2, 0) is 16.9 Å². The van der Waals surface area contributed by atoms with Crippen LogP contribution in [0.25, 0.3) is 11.1 Å². The lowest BCUT2D eigenvalue weighted by molar-refractivity contribution is -0.125. The Morgan fingerprint density at radius 2 is 1.97 bits per heavy atom. The molecule has 3 aliphatic rings. The summed E-state index contributed by atoms with van der Waals surface area (Å²) in [6, 6.07) is 7.56. The van der Waals surface area contributed by atoms with Gasteiger partial charge in [0.25, 0.3) is 11.8 Å². The molecule has 12 heteroatoms. The maximum Gasteiger partial charge on any atom is 0.322 e. The largest absolute Gasteiger partial charge is 0.494 e. The van der Waals surface area contributed by atoms with Gasteiger partial charge in [0, 0.05) is 38.8 Å². The molecule has 0 bridgehead atoms. The van der Waals surface area contributed by atoms with Crippen molar-refractivity contribution in [1.29, 1.82) is 0 Å². The van der Waals surface area contributed by atoms with Crippen molar-refractivity contribution in [3.05, 3.63) is 53.0 Å². The molecule has 2 aromatic heterocycles. The molecule has 1 unspecified atom stereocenters. The van der Waals surface area contributed by atoms with Crippen molar-refractivity contribution < 1.29 is 27.9 Å². The summed E-state index contributed by atoms with van der Waals surface area (Å²) in [7, 11) is 1.32. The summed E-state index contributed by atoms with van der Waals surface area (Å²) in [5.74, 6) is -1.17. The van der Waals surface area contributed by atoms with Crippen LogP contribution in [0.15, 0.2) is 34.7 Å². The lowest BCUT2D eigenvalue weighted by Crippen LogP contribution is -2.52. The van der Waals surface area contributed by atoms with Crippen molar-refractivity contribution >= 4 is 34.8 Å². The van der Waals surface area contributed by atoms with Gasteiger partial charge in [0.2, 0.25) is 0 Å². The highest BCUT2D eigenvalue weighted by Gasteiger charge is 2.53. The number of pyridine rings is 1. The van der Waals surface area contributed by atoms with Crippen molar-refractivity contribution in [2.24, 2.45) is 0 Å². The number of aromatic nitrogens is 1. The molecule has 0 saturated carbocycles. The number of fused-ring (bicyclic) bond motifs is 2. The first-order valence-electron chi connectivity index (χ1n) is 11.5. The van der Waals surface area contributed by atoms with Crippen molar-refractivity contribution in [3.8, 4) is 5.75 Å². The van der Waals surface area contributed by atoms with Gasteiger partial charge in [-0.2, -0.15) is 0 Å². The Bertz CT molecular complexity index is 1420. The number of carbonyl (C=O) groups is 3. The van der Waals surface area contributed by atoms with E-state index >= 15 is 0 Å². The van der Waals surface area contributed by atoms with E-state index in [0.717, 1.165) is 32.0 Å². The number of rotatable bonds is 5. The molecular formula is C24H23FN6O5. The van der Waals surface area contributed by atoms with Crippen molar-refractivity contribution in [1.82, 2.24) is 25.8 Å². The third-order valence-corrected chi connectivity index (χ3v) is 6.87. The number of piperazine rings is 1. The third-order valence-electron chi connectivity index (χ3n) is 6.87. The van der Waals surface area contributed by atoms with Crippen LogP contribution in [0.1, 0.15) is 21.7 Å². The molecule has 3 aliphatic heterocycles. The highest BCUT2D eigenvalue weighted by molar-refractivity contribution is 6.08. The van der Waals surface area contributed by atoms with E-state index in [9.17, 15) is 18.8 Å². The zero-order valence-electron chi connectivity index (χ0n) is 19.4. The quantitative estimate of drug-likeness (QED) is 0.450. The van der Waals surface area contributed by atoms with Crippen molar-refractivity contribution in [2.45, 2.75) is 12.1 Å². The number of hydrogen-bond acceptors (Lipinski definition) is 8. The van der Waals surface area contributed by atoms with E-state index in [1.165, 1.54) is 18.1 Å². The molecule has 11 nitrogen and oxygen atoms in total. The molecule has 3 N–H and O–H groups in total. The second kappa shape index (κ2) is 8.19. The lowest BCUT2D eigenvalue weighted by atomic mass is 9.95. The number of ether oxygens (including phenoxy) is 1. The van der Waals surface area contributed by atoms with Gasteiger partial charge in [-0.05, 0) is 23.8 Å². The molecule has 186 valence electrons. The number of nitrogens with one attached hydrogen (secondary N) is 3. The Kier molecular flexibility index (Phi) is 5.07. The Labute approximate surface area is 204 Å². The topological polar surface area (TPSA) is 129 Å². The van der Waals surface area contributed by atoms with E-state index in [-0.39, 0.29) is 30.2 Å². The highest BCUT2D eigenvalue weighted by Crippen LogP contribution is 2.36. The monoisotopic (exact) mass is 494 g/mol. The number of nitrogens with zero attached hydrogens (tertiary/aromatic N) is 3. The lowest BCUT2D eigenvalue weighted by Gasteiger charge is -2.28. The minimum absolute atomic E-state index is 0.0470. The van der Waals surface area contributed by atoms with Crippen molar-refractivity contribution in [2.75, 3.05) is 44.7 Å². The Hall–Kier alpha value is -4.19. The van der Waals surface area contributed by atoms with Gasteiger partial charge < -0.3 is 29.6 Å². The number of methoxy groups -OCH3 is 1. The van der Waals surface area contributed by atoms with Gasteiger partial charge in [-0.1, -0.05) is 6.07 Å². The van der Waals surface area contributed by atoms with E-state index in [0.29, 0.717) is 16.7 Å². The molecular weight excluding hydrogens is 471 g/mol. The molecule has 1 atom stereocenters. The fourth-order valence-electron chi connectivity index (χ4n) is 5.02. The number of hydrogen-bond donors (Lipinski definition) is 3. The summed E-state index contributed by atoms with van der Waals surface area (Å²) in [6.07, 6.45) is 0. The van der Waals surface area contributed by atoms with Gasteiger partial charge in [0.1, 0.15) is 17.1 Å². The fraction of sp³-hybridized carbons (Fsp3) is 0.333. The summed E-state index contributed by atoms with van der Waals surface area (Å²) in [5.41, 5.74) is -0.401. The van der Waals surface area contributed by atoms with Crippen LogP contribution < -0.4 is 25.6 Å². The number of amides is 4. The molecule has 3 aromatic rings. The standard InChI is InChI=1S/C24H23FN6O5/c1-35-16-3-2-13-11-31(21(32)19(13)20(16)25)12-24(22(33)28-23(34)29-24)17-10-14-15(36-17)4-5-18(27-14)30-8-6-26-7-9-30/h2-5,10,26H,6-9,11-12H2,1H3,(H2,28,29,33,34). The van der Waals surface area contributed by atoms with Gasteiger partial charge >= 0.3 is 6.03 Å². The number of benzene rings is 1. The molecule has 36 heavy (non-hydrogen) atoms. The zero-order valence-corrected chi connectivity index (χ0v) is 19.4. The number of halogens is 1. The van der Waals surface area contributed by atoms with Gasteiger partial charge in [-0.15, -0.1) is 0 Å². The van der Waals surface area contributed by atoms with Crippen molar-refractivity contribution in [3.63, 3.8) is 0 Å². The second-order valence-corrected chi connectivity index (χ2v) is 8.99. The molecule has 0 radical (unpaired) electrons. The zero-order chi connectivity index (χ0) is 25.0. The van der Waals surface area contributed by atoms with Gasteiger partial charge in [0.05, 0.1) is 19.2 Å². The molecule has 0 spiro atoms. The number of anilines is 1.